The van der Waals surface area contributed by atoms with Crippen molar-refractivity contribution in [1.29, 1.82) is 0 Å². The zero-order valence-corrected chi connectivity index (χ0v) is 22.3. The molecule has 1 aliphatic carbocycles. The van der Waals surface area contributed by atoms with Crippen molar-refractivity contribution >= 4 is 49.7 Å². The van der Waals surface area contributed by atoms with Crippen molar-refractivity contribution in [3.05, 3.63) is 57.0 Å². The Kier molecular flexibility index (Phi) is 5.94. The fourth-order valence-corrected chi connectivity index (χ4v) is 6.59. The maximum absolute atomic E-state index is 13.3. The van der Waals surface area contributed by atoms with Gasteiger partial charge in [0, 0.05) is 31.1 Å². The maximum atomic E-state index is 13.3. The van der Waals surface area contributed by atoms with Crippen LogP contribution in [0.3, 0.4) is 0 Å². The van der Waals surface area contributed by atoms with Gasteiger partial charge in [0.05, 0.1) is 34.2 Å². The number of carbonyl (C=O) groups is 2. The summed E-state index contributed by atoms with van der Waals surface area (Å²) in [5, 5.41) is 8.29. The van der Waals surface area contributed by atoms with Crippen LogP contribution in [-0.2, 0) is 16.6 Å². The van der Waals surface area contributed by atoms with Crippen molar-refractivity contribution in [3.8, 4) is 5.75 Å². The second-order valence-electron chi connectivity index (χ2n) is 10.1. The molecule has 1 saturated carbocycles. The Morgan fingerprint density at radius 2 is 1.86 bits per heavy atom. The highest BCUT2D eigenvalue weighted by molar-refractivity contribution is 9.10. The lowest BCUT2D eigenvalue weighted by atomic mass is 9.81. The number of amides is 2. The lowest BCUT2D eigenvalue weighted by Crippen LogP contribution is -2.44. The van der Waals surface area contributed by atoms with Gasteiger partial charge in [0.25, 0.3) is 0 Å². The Labute approximate surface area is 221 Å². The summed E-state index contributed by atoms with van der Waals surface area (Å²) in [6.07, 6.45) is 6.59. The fourth-order valence-electron chi connectivity index (χ4n) is 6.07. The van der Waals surface area contributed by atoms with Crippen molar-refractivity contribution in [2.75, 3.05) is 7.11 Å². The average molecular weight is 566 g/mol. The molecule has 9 nitrogen and oxygen atoms in total. The first-order chi connectivity index (χ1) is 17.9. The quantitative estimate of drug-likeness (QED) is 0.371. The summed E-state index contributed by atoms with van der Waals surface area (Å²) in [5.74, 6) is 0.378. The fraction of sp³-hybridized carbons (Fsp3) is 0.407. The summed E-state index contributed by atoms with van der Waals surface area (Å²) in [6.45, 7) is 0. The normalized spacial score (nSPS) is 22.5. The smallest absolute Gasteiger partial charge is 0.329 e. The van der Waals surface area contributed by atoms with E-state index in [0.717, 1.165) is 63.4 Å². The molecule has 0 spiro atoms. The molecule has 4 aromatic rings. The first-order valence-corrected chi connectivity index (χ1v) is 13.4. The molecule has 1 saturated heterocycles. The third-order valence-corrected chi connectivity index (χ3v) is 8.58. The van der Waals surface area contributed by atoms with E-state index in [1.165, 1.54) is 0 Å². The summed E-state index contributed by atoms with van der Waals surface area (Å²) < 4.78 is 11.6. The van der Waals surface area contributed by atoms with E-state index >= 15 is 0 Å². The molecule has 0 bridgehead atoms. The molecule has 0 radical (unpaired) electrons. The summed E-state index contributed by atoms with van der Waals surface area (Å²) >= 11 is 3.56. The van der Waals surface area contributed by atoms with Crippen LogP contribution in [0.15, 0.2) is 45.8 Å². The van der Waals surface area contributed by atoms with E-state index in [-0.39, 0.29) is 18.0 Å². The monoisotopic (exact) mass is 565 g/mol. The number of hydrogen-bond donors (Lipinski definition) is 1. The minimum absolute atomic E-state index is 0.226. The van der Waals surface area contributed by atoms with Crippen LogP contribution in [0.1, 0.15) is 62.1 Å². The molecule has 2 amide bonds. The van der Waals surface area contributed by atoms with E-state index in [9.17, 15) is 14.4 Å². The number of hydrogen-bond acceptors (Lipinski definition) is 5. The second-order valence-corrected chi connectivity index (χ2v) is 10.9. The van der Waals surface area contributed by atoms with Gasteiger partial charge >= 0.3 is 5.69 Å². The number of para-hydroxylation sites is 1. The average Bonchev–Trinajstić information content (AvgIpc) is 3.42. The zero-order chi connectivity index (χ0) is 25.8. The number of aryl methyl sites for hydroxylation is 1. The molecular weight excluding hydrogens is 538 g/mol. The highest BCUT2D eigenvalue weighted by atomic mass is 79.9. The predicted molar refractivity (Wildman–Crippen MR) is 143 cm³/mol. The van der Waals surface area contributed by atoms with Crippen LogP contribution >= 0.6 is 15.9 Å². The number of piperidine rings is 1. The molecule has 2 aliphatic rings. The molecule has 192 valence electrons. The molecule has 2 aromatic carbocycles. The number of aromatic nitrogens is 4. The number of ether oxygens (including phenoxy) is 1. The molecule has 1 unspecified atom stereocenters. The van der Waals surface area contributed by atoms with Crippen LogP contribution in [0.2, 0.25) is 0 Å². The summed E-state index contributed by atoms with van der Waals surface area (Å²) in [6, 6.07) is 9.60. The number of rotatable bonds is 4. The van der Waals surface area contributed by atoms with E-state index in [0.29, 0.717) is 18.4 Å². The predicted octanol–water partition coefficient (Wildman–Crippen LogP) is 4.34. The van der Waals surface area contributed by atoms with E-state index in [1.54, 1.807) is 23.3 Å². The van der Waals surface area contributed by atoms with Gasteiger partial charge in [0.15, 0.2) is 0 Å². The van der Waals surface area contributed by atoms with Crippen LogP contribution in [0.25, 0.3) is 21.9 Å². The number of halogens is 1. The Morgan fingerprint density at radius 1 is 1.08 bits per heavy atom. The number of carbonyl (C=O) groups excluding carboxylic acids is 2. The summed E-state index contributed by atoms with van der Waals surface area (Å²) in [7, 11) is 3.42. The van der Waals surface area contributed by atoms with Crippen LogP contribution in [0.5, 0.6) is 5.75 Å². The van der Waals surface area contributed by atoms with Gasteiger partial charge in [-0.1, -0.05) is 12.1 Å². The standard InChI is InChI=1S/C27H28BrN5O4/c1-31-25-18(4-3-5-21(25)33(27(31)36)22-10-11-24(34)29-26(22)35)15-6-8-17(9-7-15)32-14-16-12-19(28)23(37-2)13-20(16)30-32/h3-5,12-15,17,22H,6-11H2,1-2H3,(H,29,34,35). The Balaban J connectivity index is 1.28. The third kappa shape index (κ3) is 3.98. The van der Waals surface area contributed by atoms with Crippen molar-refractivity contribution in [2.45, 2.75) is 56.5 Å². The van der Waals surface area contributed by atoms with Crippen LogP contribution in [0.4, 0.5) is 0 Å². The number of imide groups is 1. The number of imidazole rings is 1. The molecule has 6 rings (SSSR count). The van der Waals surface area contributed by atoms with Gasteiger partial charge in [-0.05, 0) is 71.6 Å². The molecule has 37 heavy (non-hydrogen) atoms. The molecule has 2 aromatic heterocycles. The second kappa shape index (κ2) is 9.16. The van der Waals surface area contributed by atoms with Gasteiger partial charge in [-0.3, -0.25) is 28.7 Å². The van der Waals surface area contributed by atoms with E-state index in [4.69, 9.17) is 9.84 Å². The minimum atomic E-state index is -0.674. The molecule has 1 N–H and O–H groups in total. The first kappa shape index (κ1) is 24.0. The maximum Gasteiger partial charge on any atom is 0.329 e. The topological polar surface area (TPSA) is 100 Å². The summed E-state index contributed by atoms with van der Waals surface area (Å²) in [5.41, 5.74) is 3.45. The van der Waals surface area contributed by atoms with Gasteiger partial charge in [-0.15, -0.1) is 0 Å². The number of nitrogens with one attached hydrogen (secondary N) is 1. The molecular formula is C27H28BrN5O4. The molecule has 1 aliphatic heterocycles. The number of methoxy groups -OCH3 is 1. The Morgan fingerprint density at radius 3 is 2.59 bits per heavy atom. The van der Waals surface area contributed by atoms with Crippen LogP contribution < -0.4 is 15.7 Å². The van der Waals surface area contributed by atoms with Gasteiger partial charge in [-0.25, -0.2) is 4.79 Å². The van der Waals surface area contributed by atoms with Crippen LogP contribution in [0, 0.1) is 0 Å². The van der Waals surface area contributed by atoms with E-state index in [1.807, 2.05) is 24.3 Å². The molecule has 3 heterocycles. The number of fused-ring (bicyclic) bond motifs is 2. The highest BCUT2D eigenvalue weighted by Gasteiger charge is 2.33. The lowest BCUT2D eigenvalue weighted by molar-refractivity contribution is -0.135. The van der Waals surface area contributed by atoms with E-state index in [2.05, 4.69) is 38.2 Å². The molecule has 1 atom stereocenters. The van der Waals surface area contributed by atoms with Crippen molar-refractivity contribution in [3.63, 3.8) is 0 Å². The molecule has 10 heteroatoms. The van der Waals surface area contributed by atoms with Gasteiger partial charge in [0.1, 0.15) is 11.8 Å². The Hall–Kier alpha value is -3.40. The summed E-state index contributed by atoms with van der Waals surface area (Å²) in [4.78, 5) is 37.5. The Bertz CT molecular complexity index is 1610. The SMILES string of the molecule is COc1cc2nn(C3CCC(c4cccc5c4n(C)c(=O)n5C4CCC(=O)NC4=O)CC3)cc2cc1Br. The van der Waals surface area contributed by atoms with Gasteiger partial charge in [-0.2, -0.15) is 5.10 Å². The minimum Gasteiger partial charge on any atom is -0.495 e. The van der Waals surface area contributed by atoms with Crippen LogP contribution in [-0.4, -0.2) is 37.8 Å². The zero-order valence-electron chi connectivity index (χ0n) is 20.7. The van der Waals surface area contributed by atoms with Gasteiger partial charge in [0.2, 0.25) is 11.8 Å². The third-order valence-electron chi connectivity index (χ3n) is 7.96. The van der Waals surface area contributed by atoms with Crippen molar-refractivity contribution in [1.82, 2.24) is 24.2 Å². The largest absolute Gasteiger partial charge is 0.495 e. The molecule has 2 fully saturated rings. The van der Waals surface area contributed by atoms with Crippen molar-refractivity contribution in [2.24, 2.45) is 7.05 Å². The first-order valence-electron chi connectivity index (χ1n) is 12.6. The van der Waals surface area contributed by atoms with E-state index < -0.39 is 11.9 Å². The number of nitrogens with zero attached hydrogens (tertiary/aromatic N) is 4. The van der Waals surface area contributed by atoms with Gasteiger partial charge < -0.3 is 4.74 Å². The lowest BCUT2D eigenvalue weighted by Gasteiger charge is -2.29. The number of benzene rings is 2. The highest BCUT2D eigenvalue weighted by Crippen LogP contribution is 2.41. The van der Waals surface area contributed by atoms with Crippen molar-refractivity contribution < 1.29 is 14.3 Å².